The lowest BCUT2D eigenvalue weighted by molar-refractivity contribution is 0.613. The Morgan fingerprint density at radius 2 is 2.04 bits per heavy atom. The highest BCUT2D eigenvalue weighted by Gasteiger charge is 2.14. The van der Waals surface area contributed by atoms with Crippen LogP contribution in [0.2, 0.25) is 0 Å². The molecule has 0 fully saturated rings. The van der Waals surface area contributed by atoms with Crippen LogP contribution in [-0.4, -0.2) is 36.0 Å². The van der Waals surface area contributed by atoms with Crippen molar-refractivity contribution >= 4 is 28.7 Å². The zero-order chi connectivity index (χ0) is 16.2. The minimum Gasteiger partial charge on any atom is -0.368 e. The van der Waals surface area contributed by atoms with E-state index < -0.39 is 0 Å². The first-order valence-corrected chi connectivity index (χ1v) is 7.70. The van der Waals surface area contributed by atoms with Gasteiger partial charge in [0.1, 0.15) is 0 Å². The smallest absolute Gasteiger partial charge is 0.232 e. The lowest BCUT2D eigenvalue weighted by atomic mass is 10.4. The van der Waals surface area contributed by atoms with Gasteiger partial charge in [0.2, 0.25) is 5.95 Å². The van der Waals surface area contributed by atoms with Gasteiger partial charge in [0.15, 0.2) is 22.8 Å². The fraction of sp³-hybridized carbons (Fsp3) is 0.400. The number of imidazole rings is 1. The molecule has 2 N–H and O–H groups in total. The van der Waals surface area contributed by atoms with Crippen LogP contribution in [0.3, 0.4) is 0 Å². The van der Waals surface area contributed by atoms with E-state index in [1.54, 1.807) is 24.9 Å². The summed E-state index contributed by atoms with van der Waals surface area (Å²) in [5, 5.41) is 6.40. The van der Waals surface area contributed by atoms with Crippen LogP contribution in [0.1, 0.15) is 33.2 Å². The van der Waals surface area contributed by atoms with E-state index >= 15 is 0 Å². The predicted octanol–water partition coefficient (Wildman–Crippen LogP) is 2.76. The summed E-state index contributed by atoms with van der Waals surface area (Å²) in [5.41, 5.74) is 1.57. The van der Waals surface area contributed by atoms with Gasteiger partial charge in [-0.15, -0.1) is 0 Å². The van der Waals surface area contributed by atoms with E-state index in [-0.39, 0.29) is 6.04 Å². The fourth-order valence-electron chi connectivity index (χ4n) is 2.20. The van der Waals surface area contributed by atoms with Gasteiger partial charge in [0.25, 0.3) is 0 Å². The Labute approximate surface area is 134 Å². The van der Waals surface area contributed by atoms with E-state index in [4.69, 9.17) is 0 Å². The molecule has 120 valence electrons. The average Bonchev–Trinajstić information content (AvgIpc) is 2.98. The Balaban J connectivity index is 2.05. The molecule has 0 aromatic carbocycles. The number of hydrogen-bond donors (Lipinski definition) is 2. The lowest BCUT2D eigenvalue weighted by Crippen LogP contribution is -2.08. The van der Waals surface area contributed by atoms with Gasteiger partial charge in [-0.3, -0.25) is 4.98 Å². The van der Waals surface area contributed by atoms with Crippen LogP contribution in [0.5, 0.6) is 0 Å². The molecule has 0 spiro atoms. The molecule has 0 saturated heterocycles. The van der Waals surface area contributed by atoms with Crippen LogP contribution in [0, 0.1) is 0 Å². The minimum absolute atomic E-state index is 0.262. The van der Waals surface area contributed by atoms with Gasteiger partial charge < -0.3 is 15.2 Å². The monoisotopic (exact) mass is 312 g/mol. The molecule has 0 unspecified atom stereocenters. The minimum atomic E-state index is 0.262. The number of aromatic nitrogens is 6. The summed E-state index contributed by atoms with van der Waals surface area (Å²) in [6.07, 6.45) is 7.68. The van der Waals surface area contributed by atoms with Crippen molar-refractivity contribution in [2.75, 3.05) is 17.2 Å². The van der Waals surface area contributed by atoms with Crippen molar-refractivity contribution in [3.8, 4) is 0 Å². The third kappa shape index (κ3) is 3.20. The zero-order valence-corrected chi connectivity index (χ0v) is 13.5. The maximum Gasteiger partial charge on any atom is 0.232 e. The van der Waals surface area contributed by atoms with Crippen LogP contribution in [0.4, 0.5) is 17.6 Å². The van der Waals surface area contributed by atoms with Crippen molar-refractivity contribution in [3.05, 3.63) is 24.9 Å². The number of rotatable bonds is 6. The Morgan fingerprint density at radius 1 is 1.17 bits per heavy atom. The van der Waals surface area contributed by atoms with E-state index in [2.05, 4.69) is 56.3 Å². The summed E-state index contributed by atoms with van der Waals surface area (Å²) in [6.45, 7) is 7.12. The molecule has 0 bridgehead atoms. The molecule has 8 heteroatoms. The second-order valence-corrected chi connectivity index (χ2v) is 5.46. The normalized spacial score (nSPS) is 11.1. The lowest BCUT2D eigenvalue weighted by Gasteiger charge is -2.11. The molecule has 0 aliphatic heterocycles. The van der Waals surface area contributed by atoms with Crippen molar-refractivity contribution < 1.29 is 0 Å². The molecule has 0 saturated carbocycles. The summed E-state index contributed by atoms with van der Waals surface area (Å²) in [6, 6.07) is 0.262. The molecule has 23 heavy (non-hydrogen) atoms. The van der Waals surface area contributed by atoms with Crippen LogP contribution < -0.4 is 10.6 Å². The molecule has 3 aromatic rings. The average molecular weight is 312 g/mol. The number of hydrogen-bond acceptors (Lipinski definition) is 7. The molecule has 3 aromatic heterocycles. The molecule has 0 aliphatic rings. The van der Waals surface area contributed by atoms with Gasteiger partial charge in [0.05, 0.1) is 12.5 Å². The molecular formula is C15H20N8. The van der Waals surface area contributed by atoms with E-state index in [0.29, 0.717) is 11.8 Å². The summed E-state index contributed by atoms with van der Waals surface area (Å²) in [5.74, 6) is 1.80. The van der Waals surface area contributed by atoms with Crippen molar-refractivity contribution in [3.63, 3.8) is 0 Å². The van der Waals surface area contributed by atoms with Crippen molar-refractivity contribution in [1.82, 2.24) is 29.5 Å². The van der Waals surface area contributed by atoms with E-state index in [1.165, 1.54) is 0 Å². The van der Waals surface area contributed by atoms with E-state index in [9.17, 15) is 0 Å². The maximum atomic E-state index is 4.59. The topological polar surface area (TPSA) is 93.4 Å². The Morgan fingerprint density at radius 3 is 2.74 bits per heavy atom. The van der Waals surface area contributed by atoms with Crippen LogP contribution in [0.15, 0.2) is 24.9 Å². The molecule has 3 heterocycles. The quantitative estimate of drug-likeness (QED) is 0.722. The Kier molecular flexibility index (Phi) is 4.31. The summed E-state index contributed by atoms with van der Waals surface area (Å²) in [4.78, 5) is 21.8. The number of nitrogens with one attached hydrogen (secondary N) is 2. The highest BCUT2D eigenvalue weighted by molar-refractivity contribution is 5.84. The van der Waals surface area contributed by atoms with Crippen molar-refractivity contribution in [1.29, 1.82) is 0 Å². The van der Waals surface area contributed by atoms with E-state index in [0.717, 1.165) is 29.9 Å². The van der Waals surface area contributed by atoms with Crippen molar-refractivity contribution in [2.24, 2.45) is 0 Å². The van der Waals surface area contributed by atoms with Crippen LogP contribution in [-0.2, 0) is 0 Å². The predicted molar refractivity (Wildman–Crippen MR) is 89.8 cm³/mol. The molecule has 0 aliphatic carbocycles. The first-order chi connectivity index (χ1) is 11.2. The summed E-state index contributed by atoms with van der Waals surface area (Å²) >= 11 is 0. The summed E-state index contributed by atoms with van der Waals surface area (Å²) < 4.78 is 2.02. The molecule has 0 amide bonds. The molecular weight excluding hydrogens is 292 g/mol. The molecule has 0 radical (unpaired) electrons. The highest BCUT2D eigenvalue weighted by Crippen LogP contribution is 2.24. The largest absolute Gasteiger partial charge is 0.368 e. The maximum absolute atomic E-state index is 4.59. The van der Waals surface area contributed by atoms with Gasteiger partial charge in [-0.1, -0.05) is 6.92 Å². The SMILES string of the molecule is CCCNc1nc(Nc2cnccn2)nc2c1ncn2C(C)C. The van der Waals surface area contributed by atoms with Gasteiger partial charge >= 0.3 is 0 Å². The van der Waals surface area contributed by atoms with Crippen LogP contribution >= 0.6 is 0 Å². The number of nitrogens with zero attached hydrogens (tertiary/aromatic N) is 6. The molecule has 8 nitrogen and oxygen atoms in total. The van der Waals surface area contributed by atoms with Crippen molar-refractivity contribution in [2.45, 2.75) is 33.2 Å². The second kappa shape index (κ2) is 6.55. The van der Waals surface area contributed by atoms with Gasteiger partial charge in [-0.25, -0.2) is 9.97 Å². The third-order valence-electron chi connectivity index (χ3n) is 3.32. The molecule has 3 rings (SSSR count). The Hall–Kier alpha value is -2.77. The number of anilines is 3. The van der Waals surface area contributed by atoms with Gasteiger partial charge in [-0.2, -0.15) is 9.97 Å². The summed E-state index contributed by atoms with van der Waals surface area (Å²) in [7, 11) is 0. The fourth-order valence-corrected chi connectivity index (χ4v) is 2.20. The molecule has 0 atom stereocenters. The first-order valence-electron chi connectivity index (χ1n) is 7.70. The van der Waals surface area contributed by atoms with E-state index in [1.807, 2.05) is 4.57 Å². The first kappa shape index (κ1) is 15.1. The third-order valence-corrected chi connectivity index (χ3v) is 3.32. The van der Waals surface area contributed by atoms with Crippen LogP contribution in [0.25, 0.3) is 11.2 Å². The second-order valence-electron chi connectivity index (χ2n) is 5.46. The van der Waals surface area contributed by atoms with Gasteiger partial charge in [0, 0.05) is 25.0 Å². The highest BCUT2D eigenvalue weighted by atomic mass is 15.2. The zero-order valence-electron chi connectivity index (χ0n) is 13.5. The Bertz CT molecular complexity index is 781. The standard InChI is InChI=1S/C15H20N8/c1-4-5-18-13-12-14(23(9-19-12)10(2)3)22-15(21-13)20-11-8-16-6-7-17-11/h6-10H,4-5H2,1-3H3,(H2,17,18,20,21,22). The van der Waals surface area contributed by atoms with Gasteiger partial charge in [-0.05, 0) is 20.3 Å². The number of fused-ring (bicyclic) bond motifs is 1.